The van der Waals surface area contributed by atoms with Crippen LogP contribution in [0.3, 0.4) is 0 Å². The lowest BCUT2D eigenvalue weighted by Gasteiger charge is -2.33. The van der Waals surface area contributed by atoms with Crippen molar-refractivity contribution < 1.29 is 4.79 Å². The number of carbonyl (C=O) groups excluding carboxylic acids is 1. The SMILES string of the molecule is CCCCC1(CCCC)c2cc(C(=O)C3CCCCC3)ccc2-c2ccc(-[s+]3c4ccccc4c4ccccc43)cc21. The summed E-state index contributed by atoms with van der Waals surface area (Å²) in [6, 6.07) is 32.2. The molecule has 42 heavy (non-hydrogen) atoms. The normalized spacial score (nSPS) is 16.1. The van der Waals surface area contributed by atoms with Crippen LogP contribution in [-0.4, -0.2) is 5.78 Å². The fourth-order valence-corrected chi connectivity index (χ4v) is 10.5. The van der Waals surface area contributed by atoms with Gasteiger partial charge in [-0.3, -0.25) is 4.79 Å². The van der Waals surface area contributed by atoms with Crippen LogP contribution >= 0.6 is 10.5 Å². The van der Waals surface area contributed by atoms with E-state index in [0.717, 1.165) is 31.2 Å². The maximum absolute atomic E-state index is 13.8. The van der Waals surface area contributed by atoms with Gasteiger partial charge >= 0.3 is 0 Å². The summed E-state index contributed by atoms with van der Waals surface area (Å²) < 4.78 is 2.89. The standard InChI is InChI=1S/C40H43OS/c1-3-5-24-40(25-6-4-2)35-26-29(39(41)28-14-8-7-9-15-28)20-22-31(35)32-23-21-30(27-36(32)40)42-37-18-12-10-16-33(37)34-17-11-13-19-38(34)42/h10-13,16-23,26-28H,3-9,14-15,24-25H2,1-2H3/q+1. The Morgan fingerprint density at radius 1 is 0.714 bits per heavy atom. The molecule has 4 aromatic carbocycles. The van der Waals surface area contributed by atoms with Gasteiger partial charge in [-0.05, 0) is 90.4 Å². The first kappa shape index (κ1) is 27.6. The minimum Gasteiger partial charge on any atom is -0.294 e. The molecule has 7 rings (SSSR count). The van der Waals surface area contributed by atoms with E-state index in [4.69, 9.17) is 0 Å². The first-order valence-corrected chi connectivity index (χ1v) is 17.6. The maximum Gasteiger partial charge on any atom is 0.187 e. The molecule has 2 aliphatic rings. The van der Waals surface area contributed by atoms with Gasteiger partial charge in [-0.25, -0.2) is 0 Å². The second-order valence-electron chi connectivity index (χ2n) is 12.8. The van der Waals surface area contributed by atoms with E-state index >= 15 is 0 Å². The van der Waals surface area contributed by atoms with Crippen LogP contribution in [-0.2, 0) is 5.41 Å². The molecule has 5 aromatic rings. The fraction of sp³-hybridized carbons (Fsp3) is 0.375. The van der Waals surface area contributed by atoms with E-state index in [1.165, 1.54) is 92.3 Å². The third kappa shape index (κ3) is 4.45. The van der Waals surface area contributed by atoms with Gasteiger partial charge in [0.25, 0.3) is 0 Å². The third-order valence-electron chi connectivity index (χ3n) is 10.2. The van der Waals surface area contributed by atoms with Crippen LogP contribution < -0.4 is 0 Å². The van der Waals surface area contributed by atoms with Crippen molar-refractivity contribution in [2.75, 3.05) is 0 Å². The quantitative estimate of drug-likeness (QED) is 0.127. The molecule has 0 atom stereocenters. The van der Waals surface area contributed by atoms with Crippen molar-refractivity contribution in [3.8, 4) is 16.0 Å². The summed E-state index contributed by atoms with van der Waals surface area (Å²) in [7, 11) is -0.112. The van der Waals surface area contributed by atoms with E-state index in [1.54, 1.807) is 0 Å². The molecule has 1 aromatic heterocycles. The first-order chi connectivity index (χ1) is 20.7. The first-order valence-electron chi connectivity index (χ1n) is 16.4. The predicted molar refractivity (Wildman–Crippen MR) is 181 cm³/mol. The Morgan fingerprint density at radius 2 is 1.29 bits per heavy atom. The summed E-state index contributed by atoms with van der Waals surface area (Å²) in [5.41, 5.74) is 6.60. The van der Waals surface area contributed by atoms with Gasteiger partial charge in [0.1, 0.15) is 0 Å². The van der Waals surface area contributed by atoms with Crippen molar-refractivity contribution in [2.24, 2.45) is 5.92 Å². The van der Waals surface area contributed by atoms with E-state index in [1.807, 2.05) is 0 Å². The van der Waals surface area contributed by atoms with Gasteiger partial charge in [0.15, 0.2) is 20.1 Å². The number of carbonyl (C=O) groups is 1. The summed E-state index contributed by atoms with van der Waals surface area (Å²) in [4.78, 5) is 15.2. The molecule has 1 nitrogen and oxygen atoms in total. The van der Waals surface area contributed by atoms with Crippen molar-refractivity contribution in [1.29, 1.82) is 0 Å². The molecule has 0 unspecified atom stereocenters. The molecule has 0 spiro atoms. The number of hydrogen-bond donors (Lipinski definition) is 0. The lowest BCUT2D eigenvalue weighted by Crippen LogP contribution is -2.26. The van der Waals surface area contributed by atoms with Gasteiger partial charge < -0.3 is 0 Å². The fourth-order valence-electron chi connectivity index (χ4n) is 8.08. The highest BCUT2D eigenvalue weighted by molar-refractivity contribution is 7.50. The maximum atomic E-state index is 13.8. The number of Topliss-reactive ketones (excluding diaryl/α,β-unsaturated/α-hetero) is 1. The van der Waals surface area contributed by atoms with Crippen molar-refractivity contribution in [3.05, 3.63) is 102 Å². The zero-order valence-corrected chi connectivity index (χ0v) is 26.1. The van der Waals surface area contributed by atoms with Crippen LogP contribution in [0.25, 0.3) is 36.2 Å². The number of rotatable bonds is 9. The molecule has 0 bridgehead atoms. The summed E-state index contributed by atoms with van der Waals surface area (Å²) in [6.45, 7) is 4.63. The largest absolute Gasteiger partial charge is 0.294 e. The van der Waals surface area contributed by atoms with Crippen LogP contribution in [0, 0.1) is 5.92 Å². The molecule has 1 heterocycles. The monoisotopic (exact) mass is 571 g/mol. The van der Waals surface area contributed by atoms with Gasteiger partial charge in [-0.1, -0.05) is 95.2 Å². The summed E-state index contributed by atoms with van der Waals surface area (Å²) in [5.74, 6) is 0.589. The van der Waals surface area contributed by atoms with Crippen LogP contribution in [0.15, 0.2) is 84.9 Å². The van der Waals surface area contributed by atoms with Gasteiger partial charge in [0.05, 0.1) is 0 Å². The second kappa shape index (κ2) is 11.5. The molecule has 2 heteroatoms. The zero-order valence-electron chi connectivity index (χ0n) is 25.3. The average molecular weight is 572 g/mol. The number of ketones is 1. The number of benzene rings is 4. The van der Waals surface area contributed by atoms with Crippen LogP contribution in [0.1, 0.15) is 106 Å². The van der Waals surface area contributed by atoms with Gasteiger partial charge in [-0.15, -0.1) is 0 Å². The molecular weight excluding hydrogens is 529 g/mol. The Morgan fingerprint density at radius 3 is 1.90 bits per heavy atom. The molecule has 0 saturated heterocycles. The van der Waals surface area contributed by atoms with Crippen molar-refractivity contribution in [1.82, 2.24) is 0 Å². The Balaban J connectivity index is 1.42. The highest BCUT2D eigenvalue weighted by atomic mass is 32.2. The number of fused-ring (bicyclic) bond motifs is 6. The number of thiophene rings is 1. The summed E-state index contributed by atoms with van der Waals surface area (Å²) >= 11 is 0. The average Bonchev–Trinajstić information content (AvgIpc) is 3.52. The van der Waals surface area contributed by atoms with E-state index in [9.17, 15) is 4.79 Å². The minimum atomic E-state index is -0.112. The molecule has 0 radical (unpaired) electrons. The van der Waals surface area contributed by atoms with E-state index in [0.29, 0.717) is 5.78 Å². The van der Waals surface area contributed by atoms with Crippen LogP contribution in [0.4, 0.5) is 0 Å². The molecule has 0 aliphatic heterocycles. The van der Waals surface area contributed by atoms with E-state index in [-0.39, 0.29) is 21.8 Å². The lowest BCUT2D eigenvalue weighted by atomic mass is 9.70. The molecule has 1 fully saturated rings. The highest BCUT2D eigenvalue weighted by Crippen LogP contribution is 2.57. The number of hydrogen-bond acceptors (Lipinski definition) is 1. The molecule has 214 valence electrons. The minimum absolute atomic E-state index is 0.0301. The lowest BCUT2D eigenvalue weighted by molar-refractivity contribution is 0.0889. The van der Waals surface area contributed by atoms with Crippen LogP contribution in [0.5, 0.6) is 0 Å². The van der Waals surface area contributed by atoms with Gasteiger partial charge in [0, 0.05) is 44.2 Å². The molecule has 1 saturated carbocycles. The number of unbranched alkanes of at least 4 members (excludes halogenated alkanes) is 2. The smallest absolute Gasteiger partial charge is 0.187 e. The van der Waals surface area contributed by atoms with E-state index in [2.05, 4.69) is 98.8 Å². The third-order valence-corrected chi connectivity index (χ3v) is 12.6. The van der Waals surface area contributed by atoms with Crippen molar-refractivity contribution in [3.63, 3.8) is 0 Å². The molecule has 2 aliphatic carbocycles. The molecular formula is C40H43OS+. The molecule has 0 amide bonds. The van der Waals surface area contributed by atoms with Gasteiger partial charge in [0.2, 0.25) is 0 Å². The predicted octanol–water partition coefficient (Wildman–Crippen LogP) is 12.1. The Labute approximate surface area is 254 Å². The van der Waals surface area contributed by atoms with Crippen LogP contribution in [0.2, 0.25) is 0 Å². The van der Waals surface area contributed by atoms with Gasteiger partial charge in [-0.2, -0.15) is 0 Å². The second-order valence-corrected chi connectivity index (χ2v) is 14.7. The Kier molecular flexibility index (Phi) is 7.53. The van der Waals surface area contributed by atoms with Crippen molar-refractivity contribution in [2.45, 2.75) is 89.9 Å². The highest BCUT2D eigenvalue weighted by Gasteiger charge is 2.43. The summed E-state index contributed by atoms with van der Waals surface area (Å²) in [5, 5.41) is 2.77. The Hall–Kier alpha value is -3.23. The summed E-state index contributed by atoms with van der Waals surface area (Å²) in [6.07, 6.45) is 12.8. The topological polar surface area (TPSA) is 17.1 Å². The Bertz CT molecular complexity index is 1700. The van der Waals surface area contributed by atoms with Crippen molar-refractivity contribution >= 4 is 36.4 Å². The molecule has 0 N–H and O–H groups in total. The van der Waals surface area contributed by atoms with E-state index < -0.39 is 0 Å². The zero-order chi connectivity index (χ0) is 28.7.